The molecule has 0 heterocycles. The lowest BCUT2D eigenvalue weighted by molar-refractivity contribution is -0.146. The molecule has 0 aromatic heterocycles. The smallest absolute Gasteiger partial charge is 0.321 e. The van der Waals surface area contributed by atoms with Gasteiger partial charge in [-0.05, 0) is 6.42 Å². The minimum Gasteiger partial charge on any atom is -0.481 e. The van der Waals surface area contributed by atoms with E-state index >= 15 is 0 Å². The fraction of sp³-hybridized carbons (Fsp3) is 0.842. The summed E-state index contributed by atoms with van der Waals surface area (Å²) < 4.78 is 0. The Morgan fingerprint density at radius 3 is 1.64 bits per heavy atom. The highest BCUT2D eigenvalue weighted by molar-refractivity contribution is 5.90. The fourth-order valence-electron chi connectivity index (χ4n) is 2.95. The monoisotopic (exact) mass is 357 g/mol. The number of carbonyl (C=O) groups excluding carboxylic acids is 1. The van der Waals surface area contributed by atoms with E-state index in [4.69, 9.17) is 15.9 Å². The molecular formula is C19H35NO5. The number of ketones is 1. The highest BCUT2D eigenvalue weighted by Gasteiger charge is 2.31. The van der Waals surface area contributed by atoms with Crippen LogP contribution in [0.3, 0.4) is 0 Å². The SMILES string of the molecule is CCCCCCCCCCCCCC(=O)C(CC(=O)O)[C@H](N)C(=O)O. The highest BCUT2D eigenvalue weighted by atomic mass is 16.4. The van der Waals surface area contributed by atoms with Gasteiger partial charge in [-0.15, -0.1) is 0 Å². The van der Waals surface area contributed by atoms with Crippen molar-refractivity contribution in [1.29, 1.82) is 0 Å². The Morgan fingerprint density at radius 2 is 1.24 bits per heavy atom. The Kier molecular flexibility index (Phi) is 14.0. The van der Waals surface area contributed by atoms with Crippen molar-refractivity contribution >= 4 is 17.7 Å². The molecule has 4 N–H and O–H groups in total. The fourth-order valence-corrected chi connectivity index (χ4v) is 2.95. The number of carbonyl (C=O) groups is 3. The molecule has 0 saturated carbocycles. The summed E-state index contributed by atoms with van der Waals surface area (Å²) in [6.45, 7) is 2.21. The first kappa shape index (κ1) is 23.6. The number of carboxylic acids is 2. The third kappa shape index (κ3) is 12.6. The second-order valence-electron chi connectivity index (χ2n) is 6.82. The Labute approximate surface area is 151 Å². The van der Waals surface area contributed by atoms with Gasteiger partial charge >= 0.3 is 11.9 Å². The Morgan fingerprint density at radius 1 is 0.800 bits per heavy atom. The van der Waals surface area contributed by atoms with E-state index in [-0.39, 0.29) is 12.2 Å². The normalized spacial score (nSPS) is 13.4. The molecule has 0 aliphatic heterocycles. The van der Waals surface area contributed by atoms with Gasteiger partial charge in [0.05, 0.1) is 12.3 Å². The van der Waals surface area contributed by atoms with E-state index in [0.29, 0.717) is 6.42 Å². The summed E-state index contributed by atoms with van der Waals surface area (Å²) in [7, 11) is 0. The van der Waals surface area contributed by atoms with Gasteiger partial charge in [-0.3, -0.25) is 14.4 Å². The maximum absolute atomic E-state index is 12.1. The first-order valence-electron chi connectivity index (χ1n) is 9.63. The molecular weight excluding hydrogens is 322 g/mol. The van der Waals surface area contributed by atoms with Gasteiger partial charge in [0.1, 0.15) is 11.8 Å². The molecule has 6 heteroatoms. The lowest BCUT2D eigenvalue weighted by Gasteiger charge is -2.17. The van der Waals surface area contributed by atoms with Gasteiger partial charge in [-0.2, -0.15) is 0 Å². The van der Waals surface area contributed by atoms with Gasteiger partial charge in [0.15, 0.2) is 0 Å². The van der Waals surface area contributed by atoms with E-state index < -0.39 is 30.3 Å². The van der Waals surface area contributed by atoms with E-state index in [9.17, 15) is 14.4 Å². The van der Waals surface area contributed by atoms with E-state index in [0.717, 1.165) is 19.3 Å². The van der Waals surface area contributed by atoms with Gasteiger partial charge in [-0.1, -0.05) is 71.1 Å². The molecule has 6 nitrogen and oxygen atoms in total. The number of aliphatic carboxylic acids is 2. The second kappa shape index (κ2) is 14.9. The largest absolute Gasteiger partial charge is 0.481 e. The first-order chi connectivity index (χ1) is 11.9. The Hall–Kier alpha value is -1.43. The van der Waals surface area contributed by atoms with Crippen LogP contribution in [0.25, 0.3) is 0 Å². The molecule has 0 radical (unpaired) electrons. The number of hydrogen-bond acceptors (Lipinski definition) is 4. The summed E-state index contributed by atoms with van der Waals surface area (Å²) in [5, 5.41) is 17.7. The zero-order chi connectivity index (χ0) is 19.1. The third-order valence-corrected chi connectivity index (χ3v) is 4.55. The molecule has 0 saturated heterocycles. The standard InChI is InChI=1S/C19H35NO5/c1-2-3-4-5-6-7-8-9-10-11-12-13-16(21)15(14-17(22)23)18(20)19(24)25/h15,18H,2-14,20H2,1H3,(H,22,23)(H,24,25)/t15?,18-/m0/s1. The Bertz CT molecular complexity index is 397. The molecule has 0 bridgehead atoms. The van der Waals surface area contributed by atoms with Crippen molar-refractivity contribution in [1.82, 2.24) is 0 Å². The molecule has 0 aliphatic carbocycles. The minimum atomic E-state index is -1.45. The Balaban J connectivity index is 3.82. The molecule has 146 valence electrons. The van der Waals surface area contributed by atoms with Crippen LogP contribution in [-0.4, -0.2) is 34.0 Å². The van der Waals surface area contributed by atoms with Crippen LogP contribution in [0, 0.1) is 5.92 Å². The van der Waals surface area contributed by atoms with E-state index in [1.54, 1.807) is 0 Å². The van der Waals surface area contributed by atoms with Crippen LogP contribution in [0.2, 0.25) is 0 Å². The van der Waals surface area contributed by atoms with Crippen LogP contribution >= 0.6 is 0 Å². The van der Waals surface area contributed by atoms with Crippen LogP contribution in [0.4, 0.5) is 0 Å². The van der Waals surface area contributed by atoms with Crippen molar-refractivity contribution in [3.05, 3.63) is 0 Å². The predicted molar refractivity (Wildman–Crippen MR) is 97.4 cm³/mol. The summed E-state index contributed by atoms with van der Waals surface area (Å²) in [5.74, 6) is -4.03. The molecule has 0 amide bonds. The van der Waals surface area contributed by atoms with Crippen molar-refractivity contribution < 1.29 is 24.6 Å². The minimum absolute atomic E-state index is 0.204. The maximum atomic E-state index is 12.1. The lowest BCUT2D eigenvalue weighted by atomic mass is 9.89. The second-order valence-corrected chi connectivity index (χ2v) is 6.82. The maximum Gasteiger partial charge on any atom is 0.321 e. The molecule has 1 unspecified atom stereocenters. The number of unbranched alkanes of at least 4 members (excludes halogenated alkanes) is 10. The van der Waals surface area contributed by atoms with Gasteiger partial charge < -0.3 is 15.9 Å². The summed E-state index contributed by atoms with van der Waals surface area (Å²) in [6, 6.07) is -1.45. The predicted octanol–water partition coefficient (Wildman–Crippen LogP) is 3.76. The average molecular weight is 357 g/mol. The molecule has 0 aliphatic rings. The quantitative estimate of drug-likeness (QED) is 0.341. The van der Waals surface area contributed by atoms with Crippen LogP contribution in [0.15, 0.2) is 0 Å². The van der Waals surface area contributed by atoms with Crippen LogP contribution in [-0.2, 0) is 14.4 Å². The van der Waals surface area contributed by atoms with Gasteiger partial charge in [-0.25, -0.2) is 0 Å². The number of rotatable bonds is 17. The molecule has 0 rings (SSSR count). The van der Waals surface area contributed by atoms with Crippen LogP contribution < -0.4 is 5.73 Å². The zero-order valence-electron chi connectivity index (χ0n) is 15.5. The van der Waals surface area contributed by atoms with Crippen LogP contribution in [0.1, 0.15) is 90.4 Å². The summed E-state index contributed by atoms with van der Waals surface area (Å²) in [5.41, 5.74) is 5.46. The summed E-state index contributed by atoms with van der Waals surface area (Å²) in [6.07, 6.45) is 12.5. The van der Waals surface area contributed by atoms with E-state index in [1.807, 2.05) is 0 Å². The van der Waals surface area contributed by atoms with Crippen molar-refractivity contribution in [3.8, 4) is 0 Å². The van der Waals surface area contributed by atoms with Gasteiger partial charge in [0, 0.05) is 6.42 Å². The average Bonchev–Trinajstić information content (AvgIpc) is 2.56. The van der Waals surface area contributed by atoms with Gasteiger partial charge in [0.2, 0.25) is 0 Å². The molecule has 25 heavy (non-hydrogen) atoms. The van der Waals surface area contributed by atoms with Crippen molar-refractivity contribution in [2.75, 3.05) is 0 Å². The molecule has 0 fully saturated rings. The molecule has 0 aromatic rings. The number of hydrogen-bond donors (Lipinski definition) is 3. The lowest BCUT2D eigenvalue weighted by Crippen LogP contribution is -2.43. The van der Waals surface area contributed by atoms with Crippen molar-refractivity contribution in [2.45, 2.75) is 96.4 Å². The molecule has 0 aromatic carbocycles. The third-order valence-electron chi connectivity index (χ3n) is 4.55. The molecule has 0 spiro atoms. The van der Waals surface area contributed by atoms with Gasteiger partial charge in [0.25, 0.3) is 0 Å². The van der Waals surface area contributed by atoms with Crippen LogP contribution in [0.5, 0.6) is 0 Å². The number of carboxylic acid groups (broad SMARTS) is 2. The summed E-state index contributed by atoms with van der Waals surface area (Å²) >= 11 is 0. The van der Waals surface area contributed by atoms with Crippen molar-refractivity contribution in [3.63, 3.8) is 0 Å². The van der Waals surface area contributed by atoms with E-state index in [2.05, 4.69) is 6.92 Å². The summed E-state index contributed by atoms with van der Waals surface area (Å²) in [4.78, 5) is 33.8. The molecule has 2 atom stereocenters. The number of Topliss-reactive ketones (excluding diaryl/α,β-unsaturated/α-hetero) is 1. The first-order valence-corrected chi connectivity index (χ1v) is 9.63. The number of nitrogens with two attached hydrogens (primary N) is 1. The van der Waals surface area contributed by atoms with E-state index in [1.165, 1.54) is 44.9 Å². The topological polar surface area (TPSA) is 118 Å². The zero-order valence-corrected chi connectivity index (χ0v) is 15.5. The highest BCUT2D eigenvalue weighted by Crippen LogP contribution is 2.16. The van der Waals surface area contributed by atoms with Crippen molar-refractivity contribution in [2.24, 2.45) is 11.7 Å².